The third kappa shape index (κ3) is 4.90. The van der Waals surface area contributed by atoms with Crippen molar-refractivity contribution in [3.8, 4) is 0 Å². The fourth-order valence-electron chi connectivity index (χ4n) is 5.16. The minimum atomic E-state index is -5.73. The van der Waals surface area contributed by atoms with Gasteiger partial charge < -0.3 is 19.7 Å². The monoisotopic (exact) mass is 444 g/mol. The van der Waals surface area contributed by atoms with Crippen molar-refractivity contribution >= 4 is 16.1 Å². The molecular formula is C18H30F2O8S. The van der Waals surface area contributed by atoms with E-state index in [-0.39, 0.29) is 23.7 Å². The highest BCUT2D eigenvalue weighted by Gasteiger charge is 2.61. The summed E-state index contributed by atoms with van der Waals surface area (Å²) in [6.07, 6.45) is -1.59. The highest BCUT2D eigenvalue weighted by Crippen LogP contribution is 2.59. The van der Waals surface area contributed by atoms with E-state index in [1.165, 1.54) is 0 Å². The predicted molar refractivity (Wildman–Crippen MR) is 97.6 cm³/mol. The quantitative estimate of drug-likeness (QED) is 0.380. The fourth-order valence-corrected chi connectivity index (χ4v) is 5.62. The van der Waals surface area contributed by atoms with E-state index in [9.17, 15) is 32.2 Å². The summed E-state index contributed by atoms with van der Waals surface area (Å²) in [5, 5.41) is 16.5. The lowest BCUT2D eigenvalue weighted by molar-refractivity contribution is -0.172. The van der Waals surface area contributed by atoms with Crippen LogP contribution >= 0.6 is 0 Å². The third-order valence-corrected chi connectivity index (χ3v) is 7.14. The van der Waals surface area contributed by atoms with Crippen LogP contribution in [0.25, 0.3) is 0 Å². The van der Waals surface area contributed by atoms with Crippen LogP contribution in [0, 0.1) is 23.7 Å². The molecule has 3 N–H and O–H groups in total. The topological polar surface area (TPSA) is 130 Å². The van der Waals surface area contributed by atoms with Gasteiger partial charge in [-0.25, -0.2) is 4.79 Å². The second kappa shape index (κ2) is 7.67. The van der Waals surface area contributed by atoms with Crippen LogP contribution in [0.1, 0.15) is 47.5 Å². The second-order valence-corrected chi connectivity index (χ2v) is 10.8. The maximum Gasteiger partial charge on any atom is 0.405 e. The number of carbonyl (C=O) groups is 1. The van der Waals surface area contributed by atoms with Crippen molar-refractivity contribution in [1.82, 2.24) is 0 Å². The van der Waals surface area contributed by atoms with Crippen molar-refractivity contribution in [2.45, 2.75) is 76.1 Å². The Hall–Kier alpha value is -0.880. The van der Waals surface area contributed by atoms with Crippen LogP contribution in [0.3, 0.4) is 0 Å². The lowest BCUT2D eigenvalue weighted by atomic mass is 9.65. The molecule has 0 heterocycles. The van der Waals surface area contributed by atoms with E-state index in [0.717, 1.165) is 0 Å². The number of carbonyl (C=O) groups excluding carboxylic acids is 1. The molecule has 0 aliphatic heterocycles. The van der Waals surface area contributed by atoms with Crippen LogP contribution in [-0.4, -0.2) is 64.4 Å². The number of fused-ring (bicyclic) bond motifs is 2. The molecule has 0 aromatic heterocycles. The maximum atomic E-state index is 13.5. The maximum absolute atomic E-state index is 13.5. The van der Waals surface area contributed by atoms with Crippen molar-refractivity contribution in [3.63, 3.8) is 0 Å². The van der Waals surface area contributed by atoms with Crippen molar-refractivity contribution in [3.05, 3.63) is 0 Å². The van der Waals surface area contributed by atoms with Gasteiger partial charge in [0.25, 0.3) is 0 Å². The second-order valence-electron chi connectivity index (χ2n) is 9.27. The first-order valence-electron chi connectivity index (χ1n) is 9.48. The molecule has 0 saturated heterocycles. The first kappa shape index (κ1) is 24.4. The Bertz CT molecular complexity index is 725. The molecule has 0 spiro atoms. The fraction of sp³-hybridized carbons (Fsp3) is 0.944. The lowest BCUT2D eigenvalue weighted by Crippen LogP contribution is -2.51. The summed E-state index contributed by atoms with van der Waals surface area (Å²) in [6, 6.07) is 0. The molecular weight excluding hydrogens is 414 g/mol. The lowest BCUT2D eigenvalue weighted by Gasteiger charge is -2.46. The number of halogens is 2. The zero-order chi connectivity index (χ0) is 22.6. The van der Waals surface area contributed by atoms with Crippen LogP contribution in [0.2, 0.25) is 0 Å². The van der Waals surface area contributed by atoms with Crippen molar-refractivity contribution < 1.29 is 46.2 Å². The summed E-state index contributed by atoms with van der Waals surface area (Å²) >= 11 is 0. The Balaban J connectivity index is 2.00. The molecule has 170 valence electrons. The largest absolute Gasteiger partial charge is 0.453 e. The molecule has 0 radical (unpaired) electrons. The molecule has 0 amide bonds. The Kier molecular flexibility index (Phi) is 6.45. The molecule has 6 atom stereocenters. The highest BCUT2D eigenvalue weighted by molar-refractivity contribution is 7.86. The molecule has 0 aromatic rings. The minimum Gasteiger partial charge on any atom is -0.453 e. The van der Waals surface area contributed by atoms with Crippen LogP contribution in [0.4, 0.5) is 8.78 Å². The van der Waals surface area contributed by atoms with Crippen molar-refractivity contribution in [2.24, 2.45) is 23.7 Å². The van der Waals surface area contributed by atoms with E-state index in [2.05, 4.69) is 4.74 Å². The van der Waals surface area contributed by atoms with Gasteiger partial charge in [-0.2, -0.15) is 17.2 Å². The average Bonchev–Trinajstić information content (AvgIpc) is 3.08. The van der Waals surface area contributed by atoms with E-state index in [1.807, 2.05) is 0 Å². The average molecular weight is 444 g/mol. The summed E-state index contributed by atoms with van der Waals surface area (Å²) in [5.74, 6) is -1.71. The van der Waals surface area contributed by atoms with Gasteiger partial charge in [0.2, 0.25) is 0 Å². The molecule has 2 saturated carbocycles. The summed E-state index contributed by atoms with van der Waals surface area (Å²) in [7, 11) is -5.73. The summed E-state index contributed by atoms with van der Waals surface area (Å²) in [4.78, 5) is 11.8. The van der Waals surface area contributed by atoms with Gasteiger partial charge in [-0.1, -0.05) is 0 Å². The zero-order valence-electron chi connectivity index (χ0n) is 17.1. The predicted octanol–water partition coefficient (Wildman–Crippen LogP) is 1.60. The number of rotatable bonds is 8. The van der Waals surface area contributed by atoms with Crippen LogP contribution < -0.4 is 0 Å². The van der Waals surface area contributed by atoms with E-state index >= 15 is 0 Å². The van der Waals surface area contributed by atoms with Crippen molar-refractivity contribution in [2.75, 3.05) is 6.61 Å². The van der Waals surface area contributed by atoms with Gasteiger partial charge in [0.05, 0.1) is 17.3 Å². The third-order valence-electron chi connectivity index (χ3n) is 6.12. The van der Waals surface area contributed by atoms with Gasteiger partial charge in [0.1, 0.15) is 6.61 Å². The molecule has 8 nitrogen and oxygen atoms in total. The van der Waals surface area contributed by atoms with E-state index in [0.29, 0.717) is 19.8 Å². The van der Waals surface area contributed by atoms with Gasteiger partial charge in [-0.3, -0.25) is 4.55 Å². The van der Waals surface area contributed by atoms with Crippen molar-refractivity contribution in [1.29, 1.82) is 0 Å². The van der Waals surface area contributed by atoms with Crippen LogP contribution in [0.5, 0.6) is 0 Å². The Labute approximate surface area is 169 Å². The number of aliphatic hydroxyl groups is 2. The number of esters is 1. The Morgan fingerprint density at radius 3 is 2.07 bits per heavy atom. The molecule has 2 rings (SSSR count). The van der Waals surface area contributed by atoms with Gasteiger partial charge in [0, 0.05) is 0 Å². The molecule has 2 aliphatic carbocycles. The molecule has 0 aromatic carbocycles. The Morgan fingerprint density at radius 2 is 1.62 bits per heavy atom. The molecule has 2 fully saturated rings. The van der Waals surface area contributed by atoms with E-state index < -0.39 is 51.4 Å². The van der Waals surface area contributed by atoms with Gasteiger partial charge in [0.15, 0.2) is 6.10 Å². The normalized spacial score (nSPS) is 31.7. The molecule has 6 unspecified atom stereocenters. The van der Waals surface area contributed by atoms with Gasteiger partial charge in [-0.15, -0.1) is 0 Å². The van der Waals surface area contributed by atoms with Crippen LogP contribution in [-0.2, 0) is 24.4 Å². The number of alkyl halides is 2. The van der Waals surface area contributed by atoms with Crippen LogP contribution in [0.15, 0.2) is 0 Å². The summed E-state index contributed by atoms with van der Waals surface area (Å²) in [6.45, 7) is 6.68. The SMILES string of the molecule is CC(OC(=O)COC1CC2CC1C(C(C)(C)O)C2C(C)(C)O)C(F)(F)S(=O)(=O)O. The first-order valence-corrected chi connectivity index (χ1v) is 10.9. The summed E-state index contributed by atoms with van der Waals surface area (Å²) < 4.78 is 66.9. The van der Waals surface area contributed by atoms with E-state index in [4.69, 9.17) is 9.29 Å². The number of hydrogen-bond donors (Lipinski definition) is 3. The number of hydrogen-bond acceptors (Lipinski definition) is 7. The molecule has 2 aliphatic rings. The Morgan fingerprint density at radius 1 is 1.10 bits per heavy atom. The smallest absolute Gasteiger partial charge is 0.405 e. The zero-order valence-corrected chi connectivity index (χ0v) is 17.9. The number of ether oxygens (including phenoxy) is 2. The summed E-state index contributed by atoms with van der Waals surface area (Å²) in [5.41, 5.74) is -2.11. The van der Waals surface area contributed by atoms with Gasteiger partial charge in [-0.05, 0) is 71.1 Å². The first-order chi connectivity index (χ1) is 12.9. The molecule has 29 heavy (non-hydrogen) atoms. The highest BCUT2D eigenvalue weighted by atomic mass is 32.2. The molecule has 11 heteroatoms. The van der Waals surface area contributed by atoms with E-state index in [1.54, 1.807) is 27.7 Å². The standard InChI is InChI=1S/C18H30F2O8S/c1-9(18(19,20)29(24,25)26)28-13(21)8-27-12-7-10-6-11(12)15(17(4,5)23)14(10)16(2,3)22/h9-12,14-15,22-23H,6-8H2,1-5H3,(H,24,25,26). The minimum absolute atomic E-state index is 0.0697. The van der Waals surface area contributed by atoms with Gasteiger partial charge >= 0.3 is 21.3 Å². The molecule has 2 bridgehead atoms.